The number of ether oxygens (including phenoxy) is 1. The molecule has 0 spiro atoms. The molecular formula is C65H88N18O14. The monoisotopic (exact) mass is 1340 g/mol. The number of nitrogens with two attached hydrogens (primary N) is 4. The number of benzene rings is 4. The fourth-order valence-electron chi connectivity index (χ4n) is 10.4. The van der Waals surface area contributed by atoms with Crippen LogP contribution in [-0.2, 0) is 70.3 Å². The van der Waals surface area contributed by atoms with Crippen LogP contribution in [0, 0.1) is 16.7 Å². The van der Waals surface area contributed by atoms with Gasteiger partial charge >= 0.3 is 6.09 Å². The first-order valence-electron chi connectivity index (χ1n) is 31.4. The van der Waals surface area contributed by atoms with Gasteiger partial charge in [-0.2, -0.15) is 0 Å². The van der Waals surface area contributed by atoms with Crippen molar-refractivity contribution in [2.45, 2.75) is 133 Å². The van der Waals surface area contributed by atoms with Crippen molar-refractivity contribution in [2.24, 2.45) is 28.9 Å². The Kier molecular flexibility index (Phi) is 30.0. The van der Waals surface area contributed by atoms with Crippen molar-refractivity contribution in [1.82, 2.24) is 63.8 Å². The van der Waals surface area contributed by atoms with E-state index in [0.717, 1.165) is 22.3 Å². The van der Waals surface area contributed by atoms with Crippen LogP contribution < -0.4 is 86.7 Å². The van der Waals surface area contributed by atoms with Gasteiger partial charge in [0, 0.05) is 31.8 Å². The maximum Gasteiger partial charge on any atom is 0.407 e. The molecule has 12 amide bonds. The van der Waals surface area contributed by atoms with Gasteiger partial charge in [0.1, 0.15) is 60.7 Å². The van der Waals surface area contributed by atoms with Crippen LogP contribution in [0.2, 0.25) is 0 Å². The van der Waals surface area contributed by atoms with Crippen LogP contribution in [0.3, 0.4) is 0 Å². The van der Waals surface area contributed by atoms with E-state index in [9.17, 15) is 62.6 Å². The fraction of sp³-hybridized carbons (Fsp3) is 0.415. The molecule has 4 aromatic carbocycles. The molecule has 23 N–H and O–H groups in total. The van der Waals surface area contributed by atoms with E-state index in [2.05, 4.69) is 63.8 Å². The SMILES string of the molecule is CC(C)C[C@H](NC(=O)OCC1c2ccccc2-c2ccccc21)C(=O)N[C@@H](Cc1ccc(O)cc1)C(=O)N[C@@H](CCCNC(=N)N)C(=O)N[C@@H](C)C(=O)NCC(=O)N[C@@H](Cc1ccccc1)C(=O)N[C@@H](CCCNC(=N)N)C(=O)N[C@@H](C)C(=O)N[C@@H](CC(N)=O)C(=O)NCC(N)=O. The van der Waals surface area contributed by atoms with Crippen molar-refractivity contribution in [3.05, 3.63) is 125 Å². The molecule has 0 saturated heterocycles. The van der Waals surface area contributed by atoms with Crippen LogP contribution >= 0.6 is 0 Å². The zero-order valence-corrected chi connectivity index (χ0v) is 54.3. The van der Waals surface area contributed by atoms with E-state index in [0.29, 0.717) is 11.1 Å². The third kappa shape index (κ3) is 25.8. The van der Waals surface area contributed by atoms with Gasteiger partial charge < -0.3 is 96.6 Å². The Hall–Kier alpha value is -11.3. The highest BCUT2D eigenvalue weighted by Crippen LogP contribution is 2.44. The Balaban J connectivity index is 1.27. The number of rotatable bonds is 38. The maximum atomic E-state index is 14.6. The number of phenolic OH excluding ortho intramolecular Hbond substituents is 1. The summed E-state index contributed by atoms with van der Waals surface area (Å²) in [5.41, 5.74) is 26.3. The lowest BCUT2D eigenvalue weighted by molar-refractivity contribution is -0.135. The highest BCUT2D eigenvalue weighted by molar-refractivity contribution is 5.99. The first kappa shape index (κ1) is 76.4. The predicted molar refractivity (Wildman–Crippen MR) is 356 cm³/mol. The third-order valence-corrected chi connectivity index (χ3v) is 15.2. The molecule has 8 atom stereocenters. The minimum atomic E-state index is -1.57. The Labute approximate surface area is 560 Å². The van der Waals surface area contributed by atoms with Gasteiger partial charge in [-0.1, -0.05) is 105 Å². The van der Waals surface area contributed by atoms with Gasteiger partial charge in [0.15, 0.2) is 11.9 Å². The van der Waals surface area contributed by atoms with Crippen LogP contribution in [-0.4, -0.2) is 169 Å². The smallest absolute Gasteiger partial charge is 0.407 e. The van der Waals surface area contributed by atoms with E-state index < -0.39 is 139 Å². The van der Waals surface area contributed by atoms with Crippen LogP contribution in [0.15, 0.2) is 103 Å². The second kappa shape index (κ2) is 38.1. The second-order valence-corrected chi connectivity index (χ2v) is 23.6. The minimum Gasteiger partial charge on any atom is -0.508 e. The molecule has 32 nitrogen and oxygen atoms in total. The largest absolute Gasteiger partial charge is 0.508 e. The number of carbonyl (C=O) groups is 12. The summed E-state index contributed by atoms with van der Waals surface area (Å²) in [5.74, 6) is -11.2. The average Bonchev–Trinajstić information content (AvgIpc) is 1.62. The number of guanidine groups is 2. The highest BCUT2D eigenvalue weighted by Gasteiger charge is 2.35. The van der Waals surface area contributed by atoms with Crippen LogP contribution in [0.5, 0.6) is 5.75 Å². The zero-order chi connectivity index (χ0) is 71.3. The van der Waals surface area contributed by atoms with Crippen molar-refractivity contribution in [3.8, 4) is 16.9 Å². The number of aromatic hydroxyl groups is 1. The molecule has 0 unspecified atom stereocenters. The topological polar surface area (TPSA) is 530 Å². The summed E-state index contributed by atoms with van der Waals surface area (Å²) in [6, 6.07) is 18.5. The normalized spacial score (nSPS) is 13.8. The molecule has 0 heterocycles. The number of hydrogen-bond acceptors (Lipinski definition) is 16. The Morgan fingerprint density at radius 1 is 0.454 bits per heavy atom. The van der Waals surface area contributed by atoms with Crippen LogP contribution in [0.25, 0.3) is 11.1 Å². The van der Waals surface area contributed by atoms with E-state index >= 15 is 0 Å². The molecule has 0 saturated carbocycles. The number of hydrogen-bond donors (Lipinski definition) is 19. The number of phenols is 1. The highest BCUT2D eigenvalue weighted by atomic mass is 16.5. The number of nitrogens with one attached hydrogen (secondary N) is 14. The van der Waals surface area contributed by atoms with E-state index in [4.69, 9.17) is 38.5 Å². The molecule has 0 fully saturated rings. The fourth-order valence-corrected chi connectivity index (χ4v) is 10.4. The number of fused-ring (bicyclic) bond motifs is 3. The van der Waals surface area contributed by atoms with Gasteiger partial charge in [-0.3, -0.25) is 63.6 Å². The first-order chi connectivity index (χ1) is 46.1. The molecule has 0 radical (unpaired) electrons. The number of carbonyl (C=O) groups excluding carboxylic acids is 12. The summed E-state index contributed by atoms with van der Waals surface area (Å²) in [7, 11) is 0. The lowest BCUT2D eigenvalue weighted by atomic mass is 9.98. The van der Waals surface area contributed by atoms with Gasteiger partial charge in [-0.15, -0.1) is 0 Å². The lowest BCUT2D eigenvalue weighted by Crippen LogP contribution is -2.59. The van der Waals surface area contributed by atoms with E-state index in [1.54, 1.807) is 30.3 Å². The van der Waals surface area contributed by atoms with Crippen molar-refractivity contribution in [3.63, 3.8) is 0 Å². The third-order valence-electron chi connectivity index (χ3n) is 15.2. The molecule has 0 aliphatic heterocycles. The predicted octanol–water partition coefficient (Wildman–Crippen LogP) is -2.32. The molecule has 32 heteroatoms. The van der Waals surface area contributed by atoms with Crippen LogP contribution in [0.4, 0.5) is 4.79 Å². The zero-order valence-electron chi connectivity index (χ0n) is 54.3. The molecule has 5 rings (SSSR count). The van der Waals surface area contributed by atoms with E-state index in [1.165, 1.54) is 38.1 Å². The summed E-state index contributed by atoms with van der Waals surface area (Å²) in [4.78, 5) is 161. The van der Waals surface area contributed by atoms with Gasteiger partial charge in [-0.05, 0) is 97.4 Å². The Bertz CT molecular complexity index is 3420. The first-order valence-corrected chi connectivity index (χ1v) is 31.4. The Morgan fingerprint density at radius 2 is 0.897 bits per heavy atom. The van der Waals surface area contributed by atoms with Gasteiger partial charge in [0.25, 0.3) is 0 Å². The molecule has 1 aliphatic carbocycles. The molecule has 97 heavy (non-hydrogen) atoms. The lowest BCUT2D eigenvalue weighted by Gasteiger charge is -2.27. The van der Waals surface area contributed by atoms with Gasteiger partial charge in [-0.25, -0.2) is 4.79 Å². The number of alkyl carbamates (subject to hydrolysis) is 1. The molecule has 4 aromatic rings. The van der Waals surface area contributed by atoms with Gasteiger partial charge in [0.2, 0.25) is 65.0 Å². The van der Waals surface area contributed by atoms with Crippen molar-refractivity contribution >= 4 is 83.0 Å². The van der Waals surface area contributed by atoms with Crippen molar-refractivity contribution in [2.75, 3.05) is 32.8 Å². The maximum absolute atomic E-state index is 14.6. The summed E-state index contributed by atoms with van der Waals surface area (Å²) in [6.07, 6.45) is -1.75. The number of amides is 12. The van der Waals surface area contributed by atoms with Crippen molar-refractivity contribution < 1.29 is 67.4 Å². The minimum absolute atomic E-state index is 0.0375. The number of primary amides is 2. The quantitative estimate of drug-likeness (QED) is 0.0127. The summed E-state index contributed by atoms with van der Waals surface area (Å²) in [5, 5.41) is 55.5. The Morgan fingerprint density at radius 3 is 1.40 bits per heavy atom. The molecule has 0 bridgehead atoms. The average molecular weight is 1350 g/mol. The van der Waals surface area contributed by atoms with E-state index in [1.807, 2.05) is 62.4 Å². The molecule has 1 aliphatic rings. The van der Waals surface area contributed by atoms with E-state index in [-0.39, 0.29) is 94.1 Å². The molecular weight excluding hydrogens is 1260 g/mol. The summed E-state index contributed by atoms with van der Waals surface area (Å²) in [6.45, 7) is 4.93. The molecule has 522 valence electrons. The molecule has 0 aromatic heterocycles. The summed E-state index contributed by atoms with van der Waals surface area (Å²) < 4.78 is 5.78. The van der Waals surface area contributed by atoms with Gasteiger partial charge in [0.05, 0.1) is 19.5 Å². The second-order valence-electron chi connectivity index (χ2n) is 23.6. The summed E-state index contributed by atoms with van der Waals surface area (Å²) >= 11 is 0. The van der Waals surface area contributed by atoms with Crippen LogP contribution in [0.1, 0.15) is 94.4 Å². The van der Waals surface area contributed by atoms with Crippen molar-refractivity contribution in [1.29, 1.82) is 10.8 Å². The standard InChI is InChI=1S/C65H88N18O14/c1-35(2)28-48(83-65(96)97-34-45-43-18-10-8-16-41(43)42-17-9-11-19-44(42)45)60(93)82-50(30-39-22-24-40(84)25-23-39)62(95)80-46(20-12-26-72-63(68)69)58(91)76-36(3)55(88)75-33-54(87)78-49(29-38-14-6-5-7-15-38)61(94)79-47(21-13-27-73-64(70)71)59(92)77-37(4)56(89)81-51(31-52(66)85)57(90)74-32-53(67)86/h5-11,14-19,22-25,35-37,45-51,84H,12-13,20-21,26-34H2,1-4H3,(H2,66,85)(H2,67,86)(H,74,90)(H,75,88)(H,76,91)(H,77,92)(H,78,87)(H,79,94)(H,80,95)(H,81,89)(H,82,93)(H,83,96)(H4,68,69,72)(H4,70,71,73)/t36-,37-,46-,47-,48-,49-,50-,51-/m0/s1.